The molecule has 0 aromatic carbocycles. The quantitative estimate of drug-likeness (QED) is 0.726. The van der Waals surface area contributed by atoms with E-state index in [0.717, 1.165) is 17.1 Å². The topological polar surface area (TPSA) is 39.4 Å². The van der Waals surface area contributed by atoms with Gasteiger partial charge >= 0.3 is 0 Å². The molecule has 3 rings (SSSR count). The van der Waals surface area contributed by atoms with Crippen molar-refractivity contribution in [3.05, 3.63) is 59.8 Å². The van der Waals surface area contributed by atoms with Gasteiger partial charge in [-0.25, -0.2) is 4.98 Å². The smallest absolute Gasteiger partial charge is 0.155 e. The van der Waals surface area contributed by atoms with Crippen LogP contribution in [-0.2, 0) is 6.61 Å². The second kappa shape index (κ2) is 4.66. The first-order valence-electron chi connectivity index (χ1n) is 5.48. The van der Waals surface area contributed by atoms with Gasteiger partial charge in [-0.05, 0) is 24.3 Å². The van der Waals surface area contributed by atoms with Gasteiger partial charge in [0.05, 0.1) is 16.9 Å². The first kappa shape index (κ1) is 11.0. The Labute approximate surface area is 109 Å². The van der Waals surface area contributed by atoms with Gasteiger partial charge in [-0.15, -0.1) is 0 Å². The minimum absolute atomic E-state index is 0.393. The second-order valence-electron chi connectivity index (χ2n) is 3.80. The highest BCUT2D eigenvalue weighted by molar-refractivity contribution is 6.33. The number of hydrogen-bond donors (Lipinski definition) is 0. The van der Waals surface area contributed by atoms with Crippen molar-refractivity contribution in [2.45, 2.75) is 6.61 Å². The van der Waals surface area contributed by atoms with E-state index in [1.54, 1.807) is 12.4 Å². The van der Waals surface area contributed by atoms with Crippen molar-refractivity contribution in [3.63, 3.8) is 0 Å². The molecule has 90 valence electrons. The fourth-order valence-electron chi connectivity index (χ4n) is 1.69. The Hall–Kier alpha value is -2.07. The van der Waals surface area contributed by atoms with Crippen molar-refractivity contribution < 1.29 is 4.74 Å². The summed E-state index contributed by atoms with van der Waals surface area (Å²) in [5, 5.41) is 0.630. The Morgan fingerprint density at radius 1 is 1.28 bits per heavy atom. The average Bonchev–Trinajstić information content (AvgIpc) is 2.82. The normalized spacial score (nSPS) is 10.7. The third-order valence-electron chi connectivity index (χ3n) is 2.51. The molecule has 0 saturated heterocycles. The molecule has 0 radical (unpaired) electrons. The van der Waals surface area contributed by atoms with Crippen LogP contribution in [0.4, 0.5) is 0 Å². The molecule has 0 aliphatic carbocycles. The molecule has 3 aromatic rings. The molecule has 0 atom stereocenters. The lowest BCUT2D eigenvalue weighted by molar-refractivity contribution is 0.301. The minimum Gasteiger partial charge on any atom is -0.486 e. The fraction of sp³-hybridized carbons (Fsp3) is 0.0769. The summed E-state index contributed by atoms with van der Waals surface area (Å²) in [4.78, 5) is 8.40. The lowest BCUT2D eigenvalue weighted by atomic mass is 10.4. The van der Waals surface area contributed by atoms with E-state index in [0.29, 0.717) is 11.6 Å². The van der Waals surface area contributed by atoms with Crippen LogP contribution in [0.2, 0.25) is 5.02 Å². The molecule has 0 saturated carbocycles. The highest BCUT2D eigenvalue weighted by atomic mass is 35.5. The lowest BCUT2D eigenvalue weighted by Gasteiger charge is -2.01. The maximum absolute atomic E-state index is 6.05. The van der Waals surface area contributed by atoms with Crippen LogP contribution < -0.4 is 4.74 Å². The van der Waals surface area contributed by atoms with E-state index in [1.165, 1.54) is 0 Å². The van der Waals surface area contributed by atoms with Crippen molar-refractivity contribution in [2.24, 2.45) is 0 Å². The highest BCUT2D eigenvalue weighted by Crippen LogP contribution is 2.17. The molecule has 0 unspecified atom stereocenters. The molecule has 3 aromatic heterocycles. The van der Waals surface area contributed by atoms with Crippen LogP contribution in [-0.4, -0.2) is 14.4 Å². The standard InChI is InChI=1S/C13H10ClN3O/c14-12-4-2-6-17-8-10(16-13(12)17)9-18-11-3-1-5-15-7-11/h1-8H,9H2. The van der Waals surface area contributed by atoms with Gasteiger partial charge in [0, 0.05) is 18.6 Å². The average molecular weight is 260 g/mol. The van der Waals surface area contributed by atoms with Gasteiger partial charge in [0.25, 0.3) is 0 Å². The van der Waals surface area contributed by atoms with Crippen LogP contribution >= 0.6 is 11.6 Å². The summed E-state index contributed by atoms with van der Waals surface area (Å²) < 4.78 is 7.46. The van der Waals surface area contributed by atoms with E-state index in [9.17, 15) is 0 Å². The number of imidazole rings is 1. The van der Waals surface area contributed by atoms with Gasteiger partial charge < -0.3 is 9.14 Å². The molecular formula is C13H10ClN3O. The maximum atomic E-state index is 6.05. The Morgan fingerprint density at radius 2 is 2.22 bits per heavy atom. The monoisotopic (exact) mass is 259 g/mol. The number of aromatic nitrogens is 3. The van der Waals surface area contributed by atoms with E-state index in [1.807, 2.05) is 41.1 Å². The molecule has 0 N–H and O–H groups in total. The molecule has 3 heterocycles. The summed E-state index contributed by atoms with van der Waals surface area (Å²) in [6.07, 6.45) is 7.18. The summed E-state index contributed by atoms with van der Waals surface area (Å²) in [5.41, 5.74) is 1.57. The van der Waals surface area contributed by atoms with Crippen LogP contribution in [0.1, 0.15) is 5.69 Å². The van der Waals surface area contributed by atoms with Gasteiger partial charge in [0.15, 0.2) is 5.65 Å². The van der Waals surface area contributed by atoms with Crippen molar-refractivity contribution >= 4 is 17.2 Å². The molecule has 0 spiro atoms. The largest absolute Gasteiger partial charge is 0.486 e. The van der Waals surface area contributed by atoms with Gasteiger partial charge in [-0.3, -0.25) is 4.98 Å². The highest BCUT2D eigenvalue weighted by Gasteiger charge is 2.05. The Bertz CT molecular complexity index is 666. The van der Waals surface area contributed by atoms with Gasteiger partial charge in [0.1, 0.15) is 12.4 Å². The predicted octanol–water partition coefficient (Wildman–Crippen LogP) is 2.96. The third-order valence-corrected chi connectivity index (χ3v) is 2.80. The number of nitrogens with zero attached hydrogens (tertiary/aromatic N) is 3. The molecular weight excluding hydrogens is 250 g/mol. The molecule has 0 amide bonds. The summed E-state index contributed by atoms with van der Waals surface area (Å²) >= 11 is 6.05. The van der Waals surface area contributed by atoms with E-state index < -0.39 is 0 Å². The zero-order valence-corrected chi connectivity index (χ0v) is 10.2. The number of hydrogen-bond acceptors (Lipinski definition) is 3. The summed E-state index contributed by atoms with van der Waals surface area (Å²) in [6.45, 7) is 0.393. The van der Waals surface area contributed by atoms with Crippen LogP contribution in [0.25, 0.3) is 5.65 Å². The van der Waals surface area contributed by atoms with Crippen LogP contribution in [0, 0.1) is 0 Å². The second-order valence-corrected chi connectivity index (χ2v) is 4.20. The van der Waals surface area contributed by atoms with Gasteiger partial charge in [-0.1, -0.05) is 11.6 Å². The number of ether oxygens (including phenoxy) is 1. The fourth-order valence-corrected chi connectivity index (χ4v) is 1.90. The maximum Gasteiger partial charge on any atom is 0.155 e. The number of rotatable bonds is 3. The minimum atomic E-state index is 0.393. The lowest BCUT2D eigenvalue weighted by Crippen LogP contribution is -1.95. The zero-order valence-electron chi connectivity index (χ0n) is 9.45. The van der Waals surface area contributed by atoms with E-state index in [4.69, 9.17) is 16.3 Å². The first-order chi connectivity index (χ1) is 8.83. The SMILES string of the molecule is Clc1cccn2cc(COc3cccnc3)nc12. The summed E-state index contributed by atoms with van der Waals surface area (Å²) in [7, 11) is 0. The van der Waals surface area contributed by atoms with Crippen molar-refractivity contribution in [1.82, 2.24) is 14.4 Å². The van der Waals surface area contributed by atoms with E-state index in [-0.39, 0.29) is 0 Å². The Morgan fingerprint density at radius 3 is 3.00 bits per heavy atom. The Kier molecular flexibility index (Phi) is 2.86. The molecule has 18 heavy (non-hydrogen) atoms. The first-order valence-corrected chi connectivity index (χ1v) is 5.85. The third kappa shape index (κ3) is 2.15. The van der Waals surface area contributed by atoms with E-state index in [2.05, 4.69) is 9.97 Å². The Balaban J connectivity index is 1.81. The van der Waals surface area contributed by atoms with Crippen LogP contribution in [0.3, 0.4) is 0 Å². The van der Waals surface area contributed by atoms with Crippen molar-refractivity contribution in [2.75, 3.05) is 0 Å². The van der Waals surface area contributed by atoms with Crippen LogP contribution in [0.5, 0.6) is 5.75 Å². The van der Waals surface area contributed by atoms with Gasteiger partial charge in [-0.2, -0.15) is 0 Å². The molecule has 4 nitrogen and oxygen atoms in total. The number of halogens is 1. The molecule has 5 heteroatoms. The predicted molar refractivity (Wildman–Crippen MR) is 68.8 cm³/mol. The van der Waals surface area contributed by atoms with Gasteiger partial charge in [0.2, 0.25) is 0 Å². The van der Waals surface area contributed by atoms with Crippen molar-refractivity contribution in [3.8, 4) is 5.75 Å². The summed E-state index contributed by atoms with van der Waals surface area (Å²) in [5.74, 6) is 0.723. The van der Waals surface area contributed by atoms with Crippen LogP contribution in [0.15, 0.2) is 49.1 Å². The molecule has 0 aliphatic heterocycles. The van der Waals surface area contributed by atoms with E-state index >= 15 is 0 Å². The summed E-state index contributed by atoms with van der Waals surface area (Å²) in [6, 6.07) is 7.38. The molecule has 0 aliphatic rings. The number of fused-ring (bicyclic) bond motifs is 1. The molecule has 0 fully saturated rings. The zero-order chi connectivity index (χ0) is 12.4. The number of pyridine rings is 2. The molecule has 0 bridgehead atoms. The van der Waals surface area contributed by atoms with Crippen molar-refractivity contribution in [1.29, 1.82) is 0 Å².